The highest BCUT2D eigenvalue weighted by molar-refractivity contribution is 6.23. The van der Waals surface area contributed by atoms with Crippen molar-refractivity contribution >= 4 is 43.6 Å². The second-order valence-corrected chi connectivity index (χ2v) is 13.9. The molecule has 246 valence electrons. The second-order valence-electron chi connectivity index (χ2n) is 13.9. The molecule has 5 aromatic rings. The summed E-state index contributed by atoms with van der Waals surface area (Å²) < 4.78 is 12.9. The van der Waals surface area contributed by atoms with E-state index in [1.165, 1.54) is 87.8 Å². The Bertz CT molecular complexity index is 1680. The fourth-order valence-corrected chi connectivity index (χ4v) is 6.68. The summed E-state index contributed by atoms with van der Waals surface area (Å²) in [6, 6.07) is 21.2. The third-order valence-electron chi connectivity index (χ3n) is 9.49. The normalized spacial score (nSPS) is 12.5. The van der Waals surface area contributed by atoms with Gasteiger partial charge in [0.15, 0.2) is 11.5 Å². The van der Waals surface area contributed by atoms with E-state index >= 15 is 0 Å². The van der Waals surface area contributed by atoms with Crippen LogP contribution in [0.15, 0.2) is 60.7 Å². The number of hydrogen-bond donors (Lipinski definition) is 0. The number of hydrogen-bond acceptors (Lipinski definition) is 4. The first-order chi connectivity index (χ1) is 22.5. The van der Waals surface area contributed by atoms with E-state index in [4.69, 9.17) is 19.4 Å². The molecule has 0 aliphatic rings. The van der Waals surface area contributed by atoms with E-state index in [2.05, 4.69) is 88.4 Å². The van der Waals surface area contributed by atoms with Crippen LogP contribution < -0.4 is 9.47 Å². The largest absolute Gasteiger partial charge is 0.490 e. The van der Waals surface area contributed by atoms with Crippen molar-refractivity contribution in [3.05, 3.63) is 60.7 Å². The zero-order valence-electron chi connectivity index (χ0n) is 29.0. The number of benzene rings is 4. The molecule has 0 bridgehead atoms. The molecule has 1 heterocycles. The van der Waals surface area contributed by atoms with Crippen molar-refractivity contribution < 1.29 is 9.47 Å². The maximum absolute atomic E-state index is 6.47. The Kier molecular flexibility index (Phi) is 12.9. The molecule has 1 atom stereocenters. The van der Waals surface area contributed by atoms with E-state index in [9.17, 15) is 0 Å². The molecule has 0 unspecified atom stereocenters. The minimum Gasteiger partial charge on any atom is -0.490 e. The van der Waals surface area contributed by atoms with Gasteiger partial charge in [0, 0.05) is 22.9 Å². The first-order valence-electron chi connectivity index (χ1n) is 18.4. The zero-order valence-corrected chi connectivity index (χ0v) is 29.0. The van der Waals surface area contributed by atoms with Crippen molar-refractivity contribution in [2.24, 2.45) is 11.8 Å². The molecule has 5 rings (SSSR count). The lowest BCUT2D eigenvalue weighted by atomic mass is 9.98. The molecular formula is C42H56N2O2. The first-order valence-corrected chi connectivity index (χ1v) is 18.4. The molecule has 0 spiro atoms. The smallest absolute Gasteiger partial charge is 0.163 e. The highest BCUT2D eigenvalue weighted by Crippen LogP contribution is 2.37. The summed E-state index contributed by atoms with van der Waals surface area (Å²) in [5.41, 5.74) is 3.57. The van der Waals surface area contributed by atoms with Crippen molar-refractivity contribution in [2.75, 3.05) is 13.2 Å². The van der Waals surface area contributed by atoms with Gasteiger partial charge in [0.25, 0.3) is 0 Å². The molecule has 4 aromatic carbocycles. The lowest BCUT2D eigenvalue weighted by Gasteiger charge is -2.17. The molecule has 0 fully saturated rings. The summed E-state index contributed by atoms with van der Waals surface area (Å²) in [5, 5.41) is 4.67. The lowest BCUT2D eigenvalue weighted by Crippen LogP contribution is -2.07. The van der Waals surface area contributed by atoms with Gasteiger partial charge in [-0.25, -0.2) is 9.97 Å². The van der Waals surface area contributed by atoms with Crippen molar-refractivity contribution in [1.82, 2.24) is 9.97 Å². The Labute approximate surface area is 277 Å². The number of fused-ring (bicyclic) bond motifs is 7. The fraction of sp³-hybridized carbons (Fsp3) is 0.524. The third-order valence-corrected chi connectivity index (χ3v) is 9.49. The van der Waals surface area contributed by atoms with Crippen LogP contribution in [0.3, 0.4) is 0 Å². The van der Waals surface area contributed by atoms with Crippen LogP contribution in [0.2, 0.25) is 0 Å². The van der Waals surface area contributed by atoms with Gasteiger partial charge >= 0.3 is 0 Å². The monoisotopic (exact) mass is 620 g/mol. The van der Waals surface area contributed by atoms with Gasteiger partial charge in [-0.3, -0.25) is 0 Å². The van der Waals surface area contributed by atoms with Crippen LogP contribution in [0.4, 0.5) is 0 Å². The predicted molar refractivity (Wildman–Crippen MR) is 197 cm³/mol. The lowest BCUT2D eigenvalue weighted by molar-refractivity contribution is 0.246. The van der Waals surface area contributed by atoms with E-state index in [1.54, 1.807) is 0 Å². The van der Waals surface area contributed by atoms with E-state index in [1.807, 2.05) is 0 Å². The van der Waals surface area contributed by atoms with Crippen LogP contribution in [-0.4, -0.2) is 23.2 Å². The van der Waals surface area contributed by atoms with Crippen LogP contribution in [0.25, 0.3) is 43.6 Å². The summed E-state index contributed by atoms with van der Waals surface area (Å²) in [4.78, 5) is 10.4. The van der Waals surface area contributed by atoms with Crippen LogP contribution >= 0.6 is 0 Å². The Morgan fingerprint density at radius 1 is 0.522 bits per heavy atom. The predicted octanol–water partition coefficient (Wildman–Crippen LogP) is 12.6. The highest BCUT2D eigenvalue weighted by Gasteiger charge is 2.16. The molecule has 4 heteroatoms. The van der Waals surface area contributed by atoms with E-state index in [0.717, 1.165) is 63.1 Å². The van der Waals surface area contributed by atoms with Crippen LogP contribution in [0.5, 0.6) is 11.5 Å². The van der Waals surface area contributed by atoms with Crippen LogP contribution in [-0.2, 0) is 0 Å². The van der Waals surface area contributed by atoms with E-state index in [0.29, 0.717) is 19.1 Å². The fourth-order valence-electron chi connectivity index (χ4n) is 6.68. The van der Waals surface area contributed by atoms with Gasteiger partial charge in [-0.2, -0.15) is 0 Å². The van der Waals surface area contributed by atoms with Gasteiger partial charge in [-0.15, -0.1) is 0 Å². The standard InChI is InChI=1S/C42H56N2O2/c1-5-6-7-8-9-10-11-12-13-18-27-45-39-29-37-38(30-40(39)46-28-26-32(4)21-19-20-31(2)3)44-42-36-25-17-15-23-34(36)33-22-14-16-24-35(33)41(42)43-37/h14-17,22-25,29-32H,5-13,18-21,26-28H2,1-4H3/t32-/m1/s1. The zero-order chi connectivity index (χ0) is 32.1. The minimum atomic E-state index is 0.638. The topological polar surface area (TPSA) is 44.2 Å². The van der Waals surface area contributed by atoms with Crippen LogP contribution in [0, 0.1) is 11.8 Å². The molecule has 46 heavy (non-hydrogen) atoms. The van der Waals surface area contributed by atoms with Gasteiger partial charge in [0.2, 0.25) is 0 Å². The molecule has 0 radical (unpaired) electrons. The van der Waals surface area contributed by atoms with Gasteiger partial charge in [-0.05, 0) is 35.4 Å². The summed E-state index contributed by atoms with van der Waals surface area (Å²) in [6.45, 7) is 10.6. The van der Waals surface area contributed by atoms with Crippen LogP contribution in [0.1, 0.15) is 118 Å². The van der Waals surface area contributed by atoms with Crippen molar-refractivity contribution in [3.8, 4) is 11.5 Å². The minimum absolute atomic E-state index is 0.638. The van der Waals surface area contributed by atoms with E-state index in [-0.39, 0.29) is 0 Å². The summed E-state index contributed by atoms with van der Waals surface area (Å²) in [6.07, 6.45) is 18.0. The molecule has 1 aromatic heterocycles. The number of unbranched alkanes of at least 4 members (excludes halogenated alkanes) is 9. The first kappa shape index (κ1) is 33.9. The Hall–Kier alpha value is -3.40. The molecular weight excluding hydrogens is 564 g/mol. The Balaban J connectivity index is 1.33. The number of ether oxygens (including phenoxy) is 2. The maximum Gasteiger partial charge on any atom is 0.163 e. The van der Waals surface area contributed by atoms with E-state index < -0.39 is 0 Å². The SMILES string of the molecule is CCCCCCCCCCCCOc1cc2nc3c4ccccc4c4ccccc4c3nc2cc1OCC[C@H](C)CCCC(C)C. The number of aromatic nitrogens is 2. The molecule has 0 saturated carbocycles. The number of rotatable bonds is 20. The Morgan fingerprint density at radius 3 is 1.52 bits per heavy atom. The highest BCUT2D eigenvalue weighted by atomic mass is 16.5. The molecule has 0 aliphatic heterocycles. The quantitative estimate of drug-likeness (QED) is 0.0493. The summed E-state index contributed by atoms with van der Waals surface area (Å²) in [5.74, 6) is 2.98. The van der Waals surface area contributed by atoms with Gasteiger partial charge < -0.3 is 9.47 Å². The summed E-state index contributed by atoms with van der Waals surface area (Å²) in [7, 11) is 0. The van der Waals surface area contributed by atoms with Crippen molar-refractivity contribution in [2.45, 2.75) is 118 Å². The third kappa shape index (κ3) is 9.11. The van der Waals surface area contributed by atoms with Crippen molar-refractivity contribution in [1.29, 1.82) is 0 Å². The second kappa shape index (κ2) is 17.5. The molecule has 0 aliphatic carbocycles. The van der Waals surface area contributed by atoms with Gasteiger partial charge in [0.1, 0.15) is 0 Å². The van der Waals surface area contributed by atoms with Crippen molar-refractivity contribution in [3.63, 3.8) is 0 Å². The van der Waals surface area contributed by atoms with Gasteiger partial charge in [0.05, 0.1) is 35.3 Å². The molecule has 0 N–H and O–H groups in total. The molecule has 4 nitrogen and oxygen atoms in total. The number of nitrogens with zero attached hydrogens (tertiary/aromatic N) is 2. The molecule has 0 saturated heterocycles. The average molecular weight is 621 g/mol. The maximum atomic E-state index is 6.47. The Morgan fingerprint density at radius 2 is 1.00 bits per heavy atom. The average Bonchev–Trinajstić information content (AvgIpc) is 3.06. The van der Waals surface area contributed by atoms with Gasteiger partial charge in [-0.1, -0.05) is 153 Å². The summed E-state index contributed by atoms with van der Waals surface area (Å²) >= 11 is 0. The molecule has 0 amide bonds.